The molecule has 0 aliphatic heterocycles. The first-order valence-electron chi connectivity index (χ1n) is 6.62. The number of halogens is 1. The minimum Gasteiger partial charge on any atom is -0.376 e. The number of hydrogen-bond donors (Lipinski definition) is 2. The fourth-order valence-electron chi connectivity index (χ4n) is 1.93. The van der Waals surface area contributed by atoms with Crippen molar-refractivity contribution >= 4 is 38.9 Å². The molecule has 0 fully saturated rings. The highest BCUT2D eigenvalue weighted by atomic mass is 79.9. The molecular formula is C16H18BrN3O. The van der Waals surface area contributed by atoms with Gasteiger partial charge in [0.15, 0.2) is 0 Å². The summed E-state index contributed by atoms with van der Waals surface area (Å²) >= 11 is 3.43. The topological polar surface area (TPSA) is 44.4 Å². The molecule has 2 rings (SSSR count). The van der Waals surface area contributed by atoms with Crippen LogP contribution < -0.4 is 15.5 Å². The van der Waals surface area contributed by atoms with Gasteiger partial charge in [0.05, 0.1) is 17.9 Å². The van der Waals surface area contributed by atoms with Gasteiger partial charge in [0.1, 0.15) is 0 Å². The molecule has 4 nitrogen and oxygen atoms in total. The third-order valence-electron chi connectivity index (χ3n) is 2.94. The van der Waals surface area contributed by atoms with Gasteiger partial charge in [-0.3, -0.25) is 4.79 Å². The minimum atomic E-state index is -0.0833. The van der Waals surface area contributed by atoms with E-state index in [-0.39, 0.29) is 12.5 Å². The van der Waals surface area contributed by atoms with Gasteiger partial charge >= 0.3 is 0 Å². The zero-order chi connectivity index (χ0) is 15.2. The van der Waals surface area contributed by atoms with Crippen molar-refractivity contribution in [2.24, 2.45) is 0 Å². The van der Waals surface area contributed by atoms with Gasteiger partial charge in [-0.1, -0.05) is 34.1 Å². The zero-order valence-electron chi connectivity index (χ0n) is 12.1. The zero-order valence-corrected chi connectivity index (χ0v) is 13.6. The monoisotopic (exact) mass is 347 g/mol. The van der Waals surface area contributed by atoms with Crippen molar-refractivity contribution in [3.05, 3.63) is 53.0 Å². The summed E-state index contributed by atoms with van der Waals surface area (Å²) in [6.07, 6.45) is 0. The summed E-state index contributed by atoms with van der Waals surface area (Å²) in [4.78, 5) is 14.0. The van der Waals surface area contributed by atoms with Crippen LogP contribution in [-0.2, 0) is 4.79 Å². The number of carbonyl (C=O) groups excluding carboxylic acids is 1. The van der Waals surface area contributed by atoms with E-state index < -0.39 is 0 Å². The van der Waals surface area contributed by atoms with Crippen LogP contribution in [0.4, 0.5) is 17.1 Å². The van der Waals surface area contributed by atoms with E-state index in [0.29, 0.717) is 0 Å². The molecule has 0 saturated carbocycles. The molecule has 21 heavy (non-hydrogen) atoms. The Morgan fingerprint density at radius 1 is 1.14 bits per heavy atom. The Hall–Kier alpha value is -2.01. The number of nitrogens with one attached hydrogen (secondary N) is 2. The maximum atomic E-state index is 12.1. The molecule has 2 aromatic carbocycles. The number of nitrogens with zero attached hydrogens (tertiary/aromatic N) is 1. The Balaban J connectivity index is 2.01. The van der Waals surface area contributed by atoms with Crippen molar-refractivity contribution in [1.82, 2.24) is 0 Å². The third-order valence-corrected chi connectivity index (χ3v) is 3.43. The summed E-state index contributed by atoms with van der Waals surface area (Å²) in [7, 11) is 3.89. The van der Waals surface area contributed by atoms with Crippen LogP contribution in [0.25, 0.3) is 0 Å². The Morgan fingerprint density at radius 2 is 1.86 bits per heavy atom. The average Bonchev–Trinajstić information content (AvgIpc) is 2.46. The van der Waals surface area contributed by atoms with Gasteiger partial charge in [0, 0.05) is 24.3 Å². The normalized spacial score (nSPS) is 10.0. The number of amides is 1. The maximum Gasteiger partial charge on any atom is 0.243 e. The molecule has 1 amide bonds. The van der Waals surface area contributed by atoms with Crippen molar-refractivity contribution in [2.75, 3.05) is 36.2 Å². The third kappa shape index (κ3) is 4.49. The Labute approximate surface area is 133 Å². The Morgan fingerprint density at radius 3 is 2.52 bits per heavy atom. The van der Waals surface area contributed by atoms with Crippen LogP contribution >= 0.6 is 15.9 Å². The molecule has 110 valence electrons. The second-order valence-electron chi connectivity index (χ2n) is 4.82. The maximum absolute atomic E-state index is 12.1. The number of rotatable bonds is 5. The molecule has 5 heteroatoms. The molecule has 0 bridgehead atoms. The van der Waals surface area contributed by atoms with Crippen LogP contribution in [0.3, 0.4) is 0 Å². The van der Waals surface area contributed by atoms with Crippen LogP contribution in [0.2, 0.25) is 0 Å². The van der Waals surface area contributed by atoms with Gasteiger partial charge in [-0.15, -0.1) is 0 Å². The lowest BCUT2D eigenvalue weighted by Gasteiger charge is -2.18. The fraction of sp³-hybridized carbons (Fsp3) is 0.188. The van der Waals surface area contributed by atoms with Crippen LogP contribution in [0.1, 0.15) is 0 Å². The smallest absolute Gasteiger partial charge is 0.243 e. The summed E-state index contributed by atoms with van der Waals surface area (Å²) < 4.78 is 0.930. The summed E-state index contributed by atoms with van der Waals surface area (Å²) in [5.74, 6) is -0.0833. The molecule has 0 saturated heterocycles. The van der Waals surface area contributed by atoms with Gasteiger partial charge in [-0.25, -0.2) is 0 Å². The predicted octanol–water partition coefficient (Wildman–Crippen LogP) is 3.57. The molecule has 0 heterocycles. The molecule has 0 aliphatic rings. The predicted molar refractivity (Wildman–Crippen MR) is 92.0 cm³/mol. The SMILES string of the molecule is CN(C)c1ccc(Br)cc1NC(=O)CNc1ccccc1. The van der Waals surface area contributed by atoms with E-state index in [1.165, 1.54) is 0 Å². The van der Waals surface area contributed by atoms with Gasteiger partial charge in [-0.05, 0) is 30.3 Å². The quantitative estimate of drug-likeness (QED) is 0.868. The molecule has 0 radical (unpaired) electrons. The molecular weight excluding hydrogens is 330 g/mol. The summed E-state index contributed by atoms with van der Waals surface area (Å²) in [6.45, 7) is 0.226. The highest BCUT2D eigenvalue weighted by molar-refractivity contribution is 9.10. The molecule has 0 atom stereocenters. The van der Waals surface area contributed by atoms with Crippen LogP contribution in [0.15, 0.2) is 53.0 Å². The first-order valence-corrected chi connectivity index (χ1v) is 7.41. The molecule has 0 spiro atoms. The van der Waals surface area contributed by atoms with Crippen LogP contribution in [0.5, 0.6) is 0 Å². The van der Waals surface area contributed by atoms with Crippen LogP contribution in [-0.4, -0.2) is 26.5 Å². The van der Waals surface area contributed by atoms with E-state index >= 15 is 0 Å². The standard InChI is InChI=1S/C16H18BrN3O/c1-20(2)15-9-8-12(17)10-14(15)19-16(21)11-18-13-6-4-3-5-7-13/h3-10,18H,11H2,1-2H3,(H,19,21). The Bertz CT molecular complexity index is 614. The van der Waals surface area contributed by atoms with E-state index in [1.54, 1.807) is 0 Å². The fourth-order valence-corrected chi connectivity index (χ4v) is 2.29. The van der Waals surface area contributed by atoms with Gasteiger partial charge in [-0.2, -0.15) is 0 Å². The summed E-state index contributed by atoms with van der Waals surface area (Å²) in [5, 5.41) is 6.02. The largest absolute Gasteiger partial charge is 0.376 e. The first kappa shape index (κ1) is 15.4. The molecule has 2 N–H and O–H groups in total. The van der Waals surface area contributed by atoms with Gasteiger partial charge in [0.25, 0.3) is 0 Å². The number of para-hydroxylation sites is 1. The van der Waals surface area contributed by atoms with Crippen LogP contribution in [0, 0.1) is 0 Å². The van der Waals surface area contributed by atoms with E-state index in [1.807, 2.05) is 67.5 Å². The first-order chi connectivity index (χ1) is 10.1. The average molecular weight is 348 g/mol. The second kappa shape index (κ2) is 7.13. The number of anilines is 3. The van der Waals surface area contributed by atoms with Crippen molar-refractivity contribution < 1.29 is 4.79 Å². The molecule has 2 aromatic rings. The lowest BCUT2D eigenvalue weighted by atomic mass is 10.2. The van der Waals surface area contributed by atoms with E-state index in [0.717, 1.165) is 21.5 Å². The number of benzene rings is 2. The van der Waals surface area contributed by atoms with Crippen molar-refractivity contribution in [1.29, 1.82) is 0 Å². The van der Waals surface area contributed by atoms with Crippen molar-refractivity contribution in [2.45, 2.75) is 0 Å². The number of hydrogen-bond acceptors (Lipinski definition) is 3. The van der Waals surface area contributed by atoms with Crippen molar-refractivity contribution in [3.8, 4) is 0 Å². The van der Waals surface area contributed by atoms with Crippen molar-refractivity contribution in [3.63, 3.8) is 0 Å². The van der Waals surface area contributed by atoms with Gasteiger partial charge in [0.2, 0.25) is 5.91 Å². The van der Waals surface area contributed by atoms with E-state index in [2.05, 4.69) is 26.6 Å². The van der Waals surface area contributed by atoms with E-state index in [9.17, 15) is 4.79 Å². The van der Waals surface area contributed by atoms with Gasteiger partial charge < -0.3 is 15.5 Å². The second-order valence-corrected chi connectivity index (χ2v) is 5.74. The molecule has 0 unspecified atom stereocenters. The highest BCUT2D eigenvalue weighted by Gasteiger charge is 2.09. The lowest BCUT2D eigenvalue weighted by Crippen LogP contribution is -2.23. The molecule has 0 aromatic heterocycles. The summed E-state index contributed by atoms with van der Waals surface area (Å²) in [6, 6.07) is 15.5. The Kier molecular flexibility index (Phi) is 5.22. The van der Waals surface area contributed by atoms with E-state index in [4.69, 9.17) is 0 Å². The lowest BCUT2D eigenvalue weighted by molar-refractivity contribution is -0.114. The molecule has 0 aliphatic carbocycles. The highest BCUT2D eigenvalue weighted by Crippen LogP contribution is 2.27. The number of carbonyl (C=O) groups is 1. The minimum absolute atomic E-state index is 0.0833. The summed E-state index contributed by atoms with van der Waals surface area (Å²) in [5.41, 5.74) is 2.68.